The molecule has 3 aromatic rings. The average molecular weight is 503 g/mol. The smallest absolute Gasteiger partial charge is 0.475 e. The van der Waals surface area contributed by atoms with E-state index in [2.05, 4.69) is 56.1 Å². The van der Waals surface area contributed by atoms with Crippen molar-refractivity contribution in [2.24, 2.45) is 7.05 Å². The Morgan fingerprint density at radius 1 is 1.00 bits per heavy atom. The van der Waals surface area contributed by atoms with Crippen molar-refractivity contribution in [3.05, 3.63) is 66.4 Å². The maximum Gasteiger partial charge on any atom is 0.490 e. The molecular formula is C26H29F3N4O3. The van der Waals surface area contributed by atoms with E-state index in [-0.39, 0.29) is 11.4 Å². The molecule has 2 fully saturated rings. The number of fused-ring (bicyclic) bond motifs is 1. The van der Waals surface area contributed by atoms with Crippen LogP contribution in [0.15, 0.2) is 60.8 Å². The monoisotopic (exact) mass is 502 g/mol. The molecule has 2 aliphatic rings. The van der Waals surface area contributed by atoms with Crippen LogP contribution in [0.2, 0.25) is 0 Å². The van der Waals surface area contributed by atoms with E-state index >= 15 is 0 Å². The largest absolute Gasteiger partial charge is 0.490 e. The second-order valence-electron chi connectivity index (χ2n) is 9.34. The summed E-state index contributed by atoms with van der Waals surface area (Å²) in [5.41, 5.74) is 3.10. The first-order chi connectivity index (χ1) is 17.1. The summed E-state index contributed by atoms with van der Waals surface area (Å²) in [6.07, 6.45) is -0.905. The van der Waals surface area contributed by atoms with Crippen LogP contribution in [0.1, 0.15) is 23.2 Å². The zero-order valence-electron chi connectivity index (χ0n) is 20.0. The first-order valence-electron chi connectivity index (χ1n) is 11.8. The molecule has 0 radical (unpaired) electrons. The fraction of sp³-hybridized carbons (Fsp3) is 0.385. The number of halogens is 3. The number of piperazine rings is 1. The van der Waals surface area contributed by atoms with Gasteiger partial charge >= 0.3 is 12.1 Å². The molecule has 2 heterocycles. The van der Waals surface area contributed by atoms with Crippen molar-refractivity contribution in [1.82, 2.24) is 14.8 Å². The Hall–Kier alpha value is -3.53. The zero-order valence-corrected chi connectivity index (χ0v) is 20.0. The third kappa shape index (κ3) is 6.17. The van der Waals surface area contributed by atoms with Crippen LogP contribution in [0.25, 0.3) is 10.9 Å². The minimum atomic E-state index is -5.08. The van der Waals surface area contributed by atoms with E-state index in [4.69, 9.17) is 9.90 Å². The summed E-state index contributed by atoms with van der Waals surface area (Å²) >= 11 is 0. The normalized spacial score (nSPS) is 17.3. The van der Waals surface area contributed by atoms with Crippen LogP contribution >= 0.6 is 0 Å². The summed E-state index contributed by atoms with van der Waals surface area (Å²) in [7, 11) is 2.02. The highest BCUT2D eigenvalue weighted by Gasteiger charge is 2.45. The molecule has 5 rings (SSSR count). The Bertz CT molecular complexity index is 1210. The number of benzene rings is 2. The zero-order chi connectivity index (χ0) is 25.9. The minimum Gasteiger partial charge on any atom is -0.475 e. The van der Waals surface area contributed by atoms with Gasteiger partial charge in [-0.1, -0.05) is 24.3 Å². The van der Waals surface area contributed by atoms with Gasteiger partial charge in [0, 0.05) is 62.7 Å². The molecule has 1 aliphatic carbocycles. The lowest BCUT2D eigenvalue weighted by atomic mass is 10.1. The van der Waals surface area contributed by atoms with Gasteiger partial charge in [-0.05, 0) is 48.6 Å². The third-order valence-corrected chi connectivity index (χ3v) is 6.64. The van der Waals surface area contributed by atoms with Crippen LogP contribution in [-0.4, -0.2) is 70.9 Å². The highest BCUT2D eigenvalue weighted by atomic mass is 19.4. The number of carboxylic acids is 1. The van der Waals surface area contributed by atoms with E-state index in [9.17, 15) is 18.0 Å². The number of nitrogens with zero attached hydrogens (tertiary/aromatic N) is 3. The molecule has 1 amide bonds. The lowest BCUT2D eigenvalue weighted by Crippen LogP contribution is -2.52. The predicted molar refractivity (Wildman–Crippen MR) is 131 cm³/mol. The van der Waals surface area contributed by atoms with Crippen LogP contribution in [0.5, 0.6) is 0 Å². The van der Waals surface area contributed by atoms with Gasteiger partial charge in [-0.2, -0.15) is 13.2 Å². The lowest BCUT2D eigenvalue weighted by molar-refractivity contribution is -0.192. The summed E-state index contributed by atoms with van der Waals surface area (Å²) in [6, 6.07) is 18.7. The van der Waals surface area contributed by atoms with Gasteiger partial charge in [-0.25, -0.2) is 4.79 Å². The van der Waals surface area contributed by atoms with Crippen molar-refractivity contribution in [3.8, 4) is 0 Å². The van der Waals surface area contributed by atoms with Gasteiger partial charge in [0.1, 0.15) is 0 Å². The number of nitrogens with one attached hydrogen (secondary N) is 1. The van der Waals surface area contributed by atoms with Crippen molar-refractivity contribution >= 4 is 28.5 Å². The fourth-order valence-electron chi connectivity index (χ4n) is 4.42. The molecule has 10 heteroatoms. The Morgan fingerprint density at radius 2 is 1.64 bits per heavy atom. The Balaban J connectivity index is 0.000000384. The number of carbonyl (C=O) groups is 2. The molecule has 7 nitrogen and oxygen atoms in total. The van der Waals surface area contributed by atoms with Crippen LogP contribution in [0.3, 0.4) is 0 Å². The van der Waals surface area contributed by atoms with E-state index in [0.29, 0.717) is 0 Å². The highest BCUT2D eigenvalue weighted by molar-refractivity contribution is 5.98. The number of alkyl halides is 3. The quantitative estimate of drug-likeness (QED) is 0.554. The topological polar surface area (TPSA) is 77.8 Å². The molecule has 0 spiro atoms. The van der Waals surface area contributed by atoms with Crippen molar-refractivity contribution in [1.29, 1.82) is 0 Å². The fourth-order valence-corrected chi connectivity index (χ4v) is 4.42. The van der Waals surface area contributed by atoms with Crippen molar-refractivity contribution in [2.45, 2.75) is 24.6 Å². The van der Waals surface area contributed by atoms with Crippen LogP contribution in [0.4, 0.5) is 18.9 Å². The molecule has 2 aromatic carbocycles. The maximum atomic E-state index is 12.9. The van der Waals surface area contributed by atoms with Crippen LogP contribution in [-0.2, 0) is 11.8 Å². The number of para-hydroxylation sites is 1. The number of hydrogen-bond donors (Lipinski definition) is 2. The summed E-state index contributed by atoms with van der Waals surface area (Å²) in [4.78, 5) is 26.8. The molecule has 1 aliphatic heterocycles. The molecule has 0 bridgehead atoms. The number of rotatable bonds is 5. The molecule has 2 N–H and O–H groups in total. The molecule has 192 valence electrons. The SMILES string of the molecule is Cn1ccc2ccc(C(=O)NC3(CN4CCN(c5ccccc5)CC4)CC3)cc21.O=C(O)C(F)(F)F. The minimum absolute atomic E-state index is 0.0465. The van der Waals surface area contributed by atoms with E-state index < -0.39 is 12.1 Å². The molecule has 1 saturated heterocycles. The molecule has 1 saturated carbocycles. The molecule has 36 heavy (non-hydrogen) atoms. The second kappa shape index (κ2) is 10.2. The Kier molecular flexibility index (Phi) is 7.26. The molecule has 0 unspecified atom stereocenters. The van der Waals surface area contributed by atoms with Gasteiger partial charge in [0.2, 0.25) is 0 Å². The van der Waals surface area contributed by atoms with Gasteiger partial charge in [0.25, 0.3) is 5.91 Å². The number of hydrogen-bond acceptors (Lipinski definition) is 4. The van der Waals surface area contributed by atoms with E-state index in [0.717, 1.165) is 56.6 Å². The standard InChI is InChI=1S/C24H28N4O.C2HF3O2/c1-26-12-9-19-7-8-20(17-22(19)26)23(29)25-24(10-11-24)18-27-13-15-28(16-14-27)21-5-3-2-4-6-21;3-2(4,5)1(6)7/h2-9,12,17H,10-11,13-16,18H2,1H3,(H,25,29);(H,6,7). The van der Waals surface area contributed by atoms with Crippen molar-refractivity contribution in [3.63, 3.8) is 0 Å². The highest BCUT2D eigenvalue weighted by Crippen LogP contribution is 2.37. The predicted octanol–water partition coefficient (Wildman–Crippen LogP) is 3.90. The number of carbonyl (C=O) groups excluding carboxylic acids is 1. The van der Waals surface area contributed by atoms with Gasteiger partial charge in [-0.3, -0.25) is 9.69 Å². The van der Waals surface area contributed by atoms with Crippen molar-refractivity contribution in [2.75, 3.05) is 37.6 Å². The third-order valence-electron chi connectivity index (χ3n) is 6.64. The molecule has 1 aromatic heterocycles. The van der Waals surface area contributed by atoms with E-state index in [1.54, 1.807) is 0 Å². The van der Waals surface area contributed by atoms with Crippen LogP contribution < -0.4 is 10.2 Å². The van der Waals surface area contributed by atoms with Gasteiger partial charge in [0.05, 0.1) is 5.54 Å². The molecular weight excluding hydrogens is 473 g/mol. The first kappa shape index (κ1) is 25.6. The van der Waals surface area contributed by atoms with E-state index in [1.807, 2.05) is 31.4 Å². The van der Waals surface area contributed by atoms with Crippen molar-refractivity contribution < 1.29 is 27.9 Å². The first-order valence-corrected chi connectivity index (χ1v) is 11.8. The number of amides is 1. The van der Waals surface area contributed by atoms with Gasteiger partial charge < -0.3 is 19.9 Å². The number of anilines is 1. The summed E-state index contributed by atoms with van der Waals surface area (Å²) in [5.74, 6) is -2.71. The number of aliphatic carboxylic acids is 1. The Morgan fingerprint density at radius 3 is 2.22 bits per heavy atom. The number of carboxylic acid groups (broad SMARTS) is 1. The lowest BCUT2D eigenvalue weighted by Gasteiger charge is -2.38. The van der Waals surface area contributed by atoms with Crippen LogP contribution in [0, 0.1) is 0 Å². The molecule has 0 atom stereocenters. The summed E-state index contributed by atoms with van der Waals surface area (Å²) < 4.78 is 33.8. The van der Waals surface area contributed by atoms with E-state index in [1.165, 1.54) is 11.1 Å². The average Bonchev–Trinajstić information content (AvgIpc) is 3.51. The van der Waals surface area contributed by atoms with Gasteiger partial charge in [0.15, 0.2) is 0 Å². The summed E-state index contributed by atoms with van der Waals surface area (Å²) in [5, 5.41) is 11.6. The Labute approximate surface area is 207 Å². The number of aromatic nitrogens is 1. The van der Waals surface area contributed by atoms with Gasteiger partial charge in [-0.15, -0.1) is 0 Å². The second-order valence-corrected chi connectivity index (χ2v) is 9.34. The maximum absolute atomic E-state index is 12.9. The number of aryl methyl sites for hydroxylation is 1. The summed E-state index contributed by atoms with van der Waals surface area (Å²) in [6.45, 7) is 5.12.